The largest absolute Gasteiger partial charge is 0.462 e. The van der Waals surface area contributed by atoms with E-state index in [-0.39, 0.29) is 36.6 Å². The molecule has 2 atom stereocenters. The molecule has 13 heteroatoms. The monoisotopic (exact) mass is 702 g/mol. The zero-order valence-electron chi connectivity index (χ0n) is 29.3. The Balaban J connectivity index is 1.34. The first-order valence-electron chi connectivity index (χ1n) is 17.2. The molecule has 0 aromatic heterocycles. The van der Waals surface area contributed by atoms with Crippen molar-refractivity contribution in [2.75, 3.05) is 102 Å². The summed E-state index contributed by atoms with van der Waals surface area (Å²) in [5.74, 6) is -1.29. The topological polar surface area (TPSA) is 159 Å². The summed E-state index contributed by atoms with van der Waals surface area (Å²) in [6.07, 6.45) is 3.40. The first-order chi connectivity index (χ1) is 24.9. The Kier molecular flexibility index (Phi) is 16.4. The zero-order chi connectivity index (χ0) is 36.3. The van der Waals surface area contributed by atoms with E-state index in [9.17, 15) is 20.1 Å². The Bertz CT molecular complexity index is 1420. The van der Waals surface area contributed by atoms with Crippen molar-refractivity contribution >= 4 is 35.5 Å². The number of benzene rings is 2. The first kappa shape index (κ1) is 39.0. The van der Waals surface area contributed by atoms with Gasteiger partial charge >= 0.3 is 11.9 Å². The van der Waals surface area contributed by atoms with Gasteiger partial charge in [0.1, 0.15) is 35.5 Å². The van der Waals surface area contributed by atoms with Gasteiger partial charge in [-0.1, -0.05) is 24.3 Å². The van der Waals surface area contributed by atoms with Crippen LogP contribution in [0.3, 0.4) is 0 Å². The molecule has 272 valence electrons. The molecule has 51 heavy (non-hydrogen) atoms. The molecule has 2 aromatic rings. The van der Waals surface area contributed by atoms with Crippen molar-refractivity contribution < 1.29 is 42.7 Å². The lowest BCUT2D eigenvalue weighted by Gasteiger charge is -2.27. The first-order valence-corrected chi connectivity index (χ1v) is 17.2. The maximum atomic E-state index is 12.0. The highest BCUT2D eigenvalue weighted by Crippen LogP contribution is 2.20. The normalized spacial score (nSPS) is 16.5. The van der Waals surface area contributed by atoms with Crippen LogP contribution >= 0.6 is 0 Å². The molecule has 2 heterocycles. The Morgan fingerprint density at radius 3 is 1.33 bits per heavy atom. The number of carbonyl (C=O) groups excluding carboxylic acids is 2. The summed E-state index contributed by atoms with van der Waals surface area (Å²) in [7, 11) is 0. The molecule has 2 aliphatic heterocycles. The third-order valence-electron chi connectivity index (χ3n) is 7.80. The van der Waals surface area contributed by atoms with Gasteiger partial charge in [0.15, 0.2) is 0 Å². The highest BCUT2D eigenvalue weighted by molar-refractivity contribution is 5.98. The fraction of sp³-hybridized carbons (Fsp3) is 0.474. The second kappa shape index (κ2) is 21.5. The van der Waals surface area contributed by atoms with Gasteiger partial charge in [-0.2, -0.15) is 10.5 Å². The van der Waals surface area contributed by atoms with Crippen LogP contribution in [0.2, 0.25) is 0 Å². The van der Waals surface area contributed by atoms with Crippen LogP contribution in [-0.2, 0) is 42.7 Å². The quantitative estimate of drug-likeness (QED) is 0.0512. The fourth-order valence-electron chi connectivity index (χ4n) is 4.89. The van der Waals surface area contributed by atoms with Gasteiger partial charge in [-0.15, -0.1) is 0 Å². The molecule has 13 nitrogen and oxygen atoms in total. The Morgan fingerprint density at radius 1 is 0.667 bits per heavy atom. The van der Waals surface area contributed by atoms with E-state index in [1.807, 2.05) is 60.7 Å². The van der Waals surface area contributed by atoms with E-state index >= 15 is 0 Å². The molecule has 0 radical (unpaired) electrons. The maximum absolute atomic E-state index is 12.0. The Morgan fingerprint density at radius 2 is 1.02 bits per heavy atom. The van der Waals surface area contributed by atoms with Crippen LogP contribution in [0.25, 0.3) is 12.2 Å². The summed E-state index contributed by atoms with van der Waals surface area (Å²) >= 11 is 0. The summed E-state index contributed by atoms with van der Waals surface area (Å²) in [6.45, 7) is 10.8. The lowest BCUT2D eigenvalue weighted by molar-refractivity contribution is -0.138. The predicted octanol–water partition coefficient (Wildman–Crippen LogP) is 3.79. The van der Waals surface area contributed by atoms with Crippen molar-refractivity contribution in [1.29, 1.82) is 10.5 Å². The van der Waals surface area contributed by atoms with Crippen LogP contribution in [0.5, 0.6) is 0 Å². The predicted molar refractivity (Wildman–Crippen MR) is 190 cm³/mol. The average molecular weight is 703 g/mol. The van der Waals surface area contributed by atoms with Crippen molar-refractivity contribution in [3.05, 3.63) is 70.8 Å². The summed E-state index contributed by atoms with van der Waals surface area (Å²) in [5, 5.41) is 18.8. The molecule has 0 N–H and O–H groups in total. The lowest BCUT2D eigenvalue weighted by Crippen LogP contribution is -2.34. The highest BCUT2D eigenvalue weighted by atomic mass is 16.6. The molecular formula is C38H46N4O9. The van der Waals surface area contributed by atoms with Gasteiger partial charge in [0.2, 0.25) is 0 Å². The number of rotatable bonds is 24. The van der Waals surface area contributed by atoms with Gasteiger partial charge < -0.3 is 43.0 Å². The third kappa shape index (κ3) is 14.2. The number of hydrogen-bond donors (Lipinski definition) is 0. The van der Waals surface area contributed by atoms with Crippen LogP contribution < -0.4 is 9.80 Å². The molecule has 2 fully saturated rings. The fourth-order valence-corrected chi connectivity index (χ4v) is 4.89. The van der Waals surface area contributed by atoms with Gasteiger partial charge in [-0.3, -0.25) is 0 Å². The van der Waals surface area contributed by atoms with E-state index in [1.165, 1.54) is 12.2 Å². The molecule has 2 aromatic carbocycles. The number of carbonyl (C=O) groups is 2. The molecule has 2 unspecified atom stereocenters. The van der Waals surface area contributed by atoms with Crippen molar-refractivity contribution in [2.45, 2.75) is 26.1 Å². The van der Waals surface area contributed by atoms with Crippen LogP contribution in [0.15, 0.2) is 59.7 Å². The summed E-state index contributed by atoms with van der Waals surface area (Å²) < 4.78 is 38.2. The number of hydrogen-bond acceptors (Lipinski definition) is 13. The van der Waals surface area contributed by atoms with Crippen LogP contribution in [0, 0.1) is 22.7 Å². The van der Waals surface area contributed by atoms with E-state index in [2.05, 4.69) is 9.80 Å². The summed E-state index contributed by atoms with van der Waals surface area (Å²) in [4.78, 5) is 28.4. The molecule has 0 spiro atoms. The van der Waals surface area contributed by atoms with E-state index in [0.717, 1.165) is 24.6 Å². The second-order valence-corrected chi connectivity index (χ2v) is 11.6. The maximum Gasteiger partial charge on any atom is 0.348 e. The minimum atomic E-state index is -0.645. The zero-order valence-corrected chi connectivity index (χ0v) is 29.3. The number of esters is 2. The number of nitrogens with zero attached hydrogens (tertiary/aromatic N) is 4. The standard InChI is InChI=1S/C38H46N4O9/c1-3-48-37(43)31(23-39)21-29-5-9-33(10-6-29)41(15-19-46-25-35-27-50-35)13-17-45-18-14-42(16-20-47-26-36-28-51-36)34-11-7-30(8-12-34)22-32(24-40)38(44)49-4-2/h5-12,21-22,35-36H,3-4,13-20,25-28H2,1-2H3/b31-21+,32-22+. The smallest absolute Gasteiger partial charge is 0.348 e. The van der Waals surface area contributed by atoms with Gasteiger partial charge in [0, 0.05) is 37.6 Å². The van der Waals surface area contributed by atoms with Crippen LogP contribution in [0.4, 0.5) is 11.4 Å². The van der Waals surface area contributed by atoms with E-state index in [1.54, 1.807) is 13.8 Å². The summed E-state index contributed by atoms with van der Waals surface area (Å²) in [5.41, 5.74) is 3.21. The molecule has 0 bridgehead atoms. The van der Waals surface area contributed by atoms with Gasteiger partial charge in [0.25, 0.3) is 0 Å². The number of ether oxygens (including phenoxy) is 7. The van der Waals surface area contributed by atoms with Gasteiger partial charge in [-0.05, 0) is 61.4 Å². The number of epoxide rings is 2. The van der Waals surface area contributed by atoms with E-state index in [0.29, 0.717) is 76.9 Å². The Hall–Kier alpha value is -4.76. The van der Waals surface area contributed by atoms with E-state index in [4.69, 9.17) is 33.2 Å². The minimum Gasteiger partial charge on any atom is -0.462 e. The van der Waals surface area contributed by atoms with Gasteiger partial charge in [-0.25, -0.2) is 9.59 Å². The number of anilines is 2. The molecule has 0 aliphatic carbocycles. The van der Waals surface area contributed by atoms with Crippen molar-refractivity contribution in [1.82, 2.24) is 0 Å². The van der Waals surface area contributed by atoms with Gasteiger partial charge in [0.05, 0.1) is 66.1 Å². The van der Waals surface area contributed by atoms with Crippen LogP contribution in [-0.4, -0.2) is 116 Å². The highest BCUT2D eigenvalue weighted by Gasteiger charge is 2.23. The van der Waals surface area contributed by atoms with Crippen molar-refractivity contribution in [2.24, 2.45) is 0 Å². The summed E-state index contributed by atoms with van der Waals surface area (Å²) in [6, 6.07) is 19.0. The van der Waals surface area contributed by atoms with Crippen molar-refractivity contribution in [3.8, 4) is 12.1 Å². The lowest BCUT2D eigenvalue weighted by atomic mass is 10.1. The molecule has 0 saturated carbocycles. The molecule has 2 saturated heterocycles. The minimum absolute atomic E-state index is 0.0574. The Labute approximate surface area is 299 Å². The second-order valence-electron chi connectivity index (χ2n) is 11.6. The average Bonchev–Trinajstić information content (AvgIpc) is 4.09. The van der Waals surface area contributed by atoms with Crippen molar-refractivity contribution in [3.63, 3.8) is 0 Å². The molecule has 0 amide bonds. The molecule has 2 aliphatic rings. The van der Waals surface area contributed by atoms with E-state index < -0.39 is 11.9 Å². The molecular weight excluding hydrogens is 656 g/mol. The van der Waals surface area contributed by atoms with Crippen LogP contribution in [0.1, 0.15) is 25.0 Å². The molecule has 4 rings (SSSR count). The SMILES string of the molecule is CCOC(=O)/C(C#N)=C/c1ccc(N(CCOCCN(CCOCC2CO2)c2ccc(/C=C(\C#N)C(=O)OCC)cc2)CCOCC2CO2)cc1. The third-order valence-corrected chi connectivity index (χ3v) is 7.80. The number of nitriles is 2.